The molecular formula is C69H78N3+3. The second-order valence-electron chi connectivity index (χ2n) is 18.8. The first-order chi connectivity index (χ1) is 39.5. The van der Waals surface area contributed by atoms with Crippen molar-refractivity contribution < 1.29 is 31.5 Å². The molecule has 0 aliphatic carbocycles. The van der Waals surface area contributed by atoms with Crippen LogP contribution in [0.1, 0.15) is 105 Å². The predicted octanol–water partition coefficient (Wildman–Crippen LogP) is 16.0. The van der Waals surface area contributed by atoms with Gasteiger partial charge in [-0.05, 0) is 183 Å². The Kier molecular flexibility index (Phi) is 12.2. The Balaban J connectivity index is 0.000000184. The molecule has 366 valence electrons. The molecule has 0 aliphatic heterocycles. The first-order valence-electron chi connectivity index (χ1n) is 31.1. The van der Waals surface area contributed by atoms with Crippen molar-refractivity contribution in [2.75, 3.05) is 0 Å². The third-order valence-corrected chi connectivity index (χ3v) is 13.6. The Bertz CT molecular complexity index is 3870. The molecule has 0 amide bonds. The van der Waals surface area contributed by atoms with Gasteiger partial charge in [-0.2, -0.15) is 0 Å². The molecule has 0 bridgehead atoms. The molecule has 0 radical (unpaired) electrons. The van der Waals surface area contributed by atoms with Crippen molar-refractivity contribution in [2.45, 2.75) is 102 Å². The molecule has 3 heterocycles. The third-order valence-electron chi connectivity index (χ3n) is 13.6. The number of hydrogen-bond acceptors (Lipinski definition) is 0. The minimum Gasteiger partial charge on any atom is -0.201 e. The number of aromatic nitrogens is 3. The van der Waals surface area contributed by atoms with Crippen LogP contribution in [0.2, 0.25) is 0 Å². The molecule has 9 rings (SSSR count). The monoisotopic (exact) mass is 962 g/mol. The fraction of sp³-hybridized carbons (Fsp3) is 0.261. The fourth-order valence-electron chi connectivity index (χ4n) is 9.61. The van der Waals surface area contributed by atoms with Crippen LogP contribution in [0, 0.1) is 62.1 Å². The van der Waals surface area contributed by atoms with E-state index < -0.39 is 33.3 Å². The van der Waals surface area contributed by atoms with Crippen molar-refractivity contribution >= 4 is 0 Å². The van der Waals surface area contributed by atoms with Crippen LogP contribution in [0.5, 0.6) is 0 Å². The van der Waals surface area contributed by atoms with Gasteiger partial charge in [0.2, 0.25) is 17.1 Å². The zero-order valence-electron chi connectivity index (χ0n) is 57.1. The van der Waals surface area contributed by atoms with E-state index in [9.17, 15) is 0 Å². The molecular weight excluding hydrogens is 871 g/mol. The topological polar surface area (TPSA) is 11.6 Å². The molecule has 9 aromatic rings. The van der Waals surface area contributed by atoms with Gasteiger partial charge < -0.3 is 0 Å². The summed E-state index contributed by atoms with van der Waals surface area (Å²) in [5.74, 6) is 0. The highest BCUT2D eigenvalue weighted by molar-refractivity contribution is 5.78. The highest BCUT2D eigenvalue weighted by atomic mass is 14.9. The molecule has 0 aliphatic rings. The van der Waals surface area contributed by atoms with Crippen molar-refractivity contribution in [2.24, 2.45) is 21.1 Å². The van der Waals surface area contributed by atoms with Gasteiger partial charge >= 0.3 is 0 Å². The Morgan fingerprint density at radius 1 is 0.333 bits per heavy atom. The largest absolute Gasteiger partial charge is 0.212 e. The summed E-state index contributed by atoms with van der Waals surface area (Å²) in [4.78, 5) is 0. The lowest BCUT2D eigenvalue weighted by atomic mass is 9.92. The van der Waals surface area contributed by atoms with Crippen molar-refractivity contribution in [3.05, 3.63) is 231 Å². The fourth-order valence-corrected chi connectivity index (χ4v) is 9.61. The lowest BCUT2D eigenvalue weighted by Gasteiger charge is -2.13. The molecule has 0 saturated heterocycles. The molecule has 0 unspecified atom stereocenters. The standard InChI is InChI=1S/3C23H26N/c1-6-19-15-24(5)23(13-16(19)2)22-14-21(17(3)12-18(22)4)20-10-8-7-9-11-20;2*1-6-19-13-23(24(5)15-18(19)4)22-14-21(16(2)12-17(22)3)20-10-8-7-9-11-20/h3*7-15H,6H2,1-5H3/q3*+1/i3D3,6D2;2D3,4D3,6D2;. The van der Waals surface area contributed by atoms with E-state index >= 15 is 0 Å². The Hall–Kier alpha value is -7.23. The van der Waals surface area contributed by atoms with Gasteiger partial charge in [0.05, 0.1) is 0 Å². The van der Waals surface area contributed by atoms with E-state index in [0.29, 0.717) is 39.1 Å². The Morgan fingerprint density at radius 2 is 0.681 bits per heavy atom. The summed E-state index contributed by atoms with van der Waals surface area (Å²) in [6, 6.07) is 47.1. The summed E-state index contributed by atoms with van der Waals surface area (Å²) in [6.07, 6.45) is 3.27. The van der Waals surface area contributed by atoms with E-state index in [4.69, 9.17) is 17.8 Å². The van der Waals surface area contributed by atoms with E-state index in [2.05, 4.69) is 94.0 Å². The minimum absolute atomic E-state index is 0.0451. The van der Waals surface area contributed by atoms with Crippen molar-refractivity contribution in [3.63, 3.8) is 0 Å². The Labute approximate surface area is 451 Å². The smallest absolute Gasteiger partial charge is 0.201 e. The van der Waals surface area contributed by atoms with E-state index in [-0.39, 0.29) is 16.7 Å². The molecule has 3 nitrogen and oxygen atoms in total. The average molecular weight is 962 g/mol. The van der Waals surface area contributed by atoms with Crippen LogP contribution >= 0.6 is 0 Å². The number of hydrogen-bond donors (Lipinski definition) is 0. The normalized spacial score (nSPS) is 14.5. The van der Waals surface area contributed by atoms with Crippen molar-refractivity contribution in [1.82, 2.24) is 0 Å². The van der Waals surface area contributed by atoms with Crippen LogP contribution in [0.15, 0.2) is 164 Å². The summed E-state index contributed by atoms with van der Waals surface area (Å²) in [6.45, 7) is 10.4. The maximum Gasteiger partial charge on any atom is 0.212 e. The van der Waals surface area contributed by atoms with Gasteiger partial charge in [-0.1, -0.05) is 130 Å². The van der Waals surface area contributed by atoms with Gasteiger partial charge in [-0.25, -0.2) is 13.7 Å². The van der Waals surface area contributed by atoms with Crippen LogP contribution in [0.3, 0.4) is 0 Å². The van der Waals surface area contributed by atoms with Gasteiger partial charge in [0.25, 0.3) is 0 Å². The SMILES string of the molecule is CCc1cc(-c2cc(-c3ccccc3)c(C)cc2C)[n+](C)cc1C.[2H]C([2H])([2H])c1cc(C)c(-c2cc(C([2H])([2H])C)c(C([2H])([2H])[2H])c[n+]2C)cc1-c1ccccc1.[2H]C([2H])([2H])c1cc(C)c(-c2cc(C)c(C([2H])([2H])C)c[n+]2C)cc1-c1ccccc1. The van der Waals surface area contributed by atoms with Crippen molar-refractivity contribution in [3.8, 4) is 67.2 Å². The quantitative estimate of drug-likeness (QED) is 0.128. The molecule has 3 heteroatoms. The van der Waals surface area contributed by atoms with Crippen LogP contribution in [-0.2, 0) is 40.3 Å². The molecule has 0 spiro atoms. The molecule has 6 aromatic carbocycles. The van der Waals surface area contributed by atoms with Gasteiger partial charge in [-0.3, -0.25) is 0 Å². The van der Waals surface area contributed by atoms with Crippen LogP contribution in [-0.4, -0.2) is 0 Å². The lowest BCUT2D eigenvalue weighted by Crippen LogP contribution is -2.32. The van der Waals surface area contributed by atoms with Gasteiger partial charge in [0.1, 0.15) is 21.1 Å². The number of rotatable bonds is 9. The second kappa shape index (κ2) is 23.3. The van der Waals surface area contributed by atoms with Crippen molar-refractivity contribution in [1.29, 1.82) is 0 Å². The van der Waals surface area contributed by atoms with Crippen LogP contribution < -0.4 is 13.7 Å². The molecule has 0 atom stereocenters. The summed E-state index contributed by atoms with van der Waals surface area (Å²) >= 11 is 0. The van der Waals surface area contributed by atoms with Gasteiger partial charge in [-0.15, -0.1) is 0 Å². The summed E-state index contributed by atoms with van der Waals surface area (Å²) in [5, 5.41) is 0. The number of aryl methyl sites for hydroxylation is 15. The molecule has 72 heavy (non-hydrogen) atoms. The third kappa shape index (κ3) is 11.7. The average Bonchev–Trinajstić information content (AvgIpc) is 1.34. The molecule has 0 fully saturated rings. The van der Waals surface area contributed by atoms with E-state index in [0.717, 1.165) is 39.9 Å². The molecule has 0 saturated carbocycles. The highest BCUT2D eigenvalue weighted by Gasteiger charge is 2.21. The summed E-state index contributed by atoms with van der Waals surface area (Å²) < 4.78 is 110. The van der Waals surface area contributed by atoms with E-state index in [1.54, 1.807) is 49.7 Å². The molecule has 3 aromatic heterocycles. The highest BCUT2D eigenvalue weighted by Crippen LogP contribution is 2.35. The second-order valence-corrected chi connectivity index (χ2v) is 18.8. The maximum absolute atomic E-state index is 8.20. The van der Waals surface area contributed by atoms with Crippen LogP contribution in [0.25, 0.3) is 67.2 Å². The maximum atomic E-state index is 8.20. The Morgan fingerprint density at radius 3 is 1.08 bits per heavy atom. The first-order valence-corrected chi connectivity index (χ1v) is 24.6. The summed E-state index contributed by atoms with van der Waals surface area (Å²) in [7, 11) is 5.74. The lowest BCUT2D eigenvalue weighted by molar-refractivity contribution is -0.661. The van der Waals surface area contributed by atoms with Gasteiger partial charge in [0, 0.05) is 69.4 Å². The van der Waals surface area contributed by atoms with Crippen LogP contribution in [0.4, 0.5) is 0 Å². The number of nitrogens with zero attached hydrogens (tertiary/aromatic N) is 3. The number of benzene rings is 6. The first kappa shape index (κ1) is 37.5. The summed E-state index contributed by atoms with van der Waals surface area (Å²) in [5.41, 5.74) is 20.4. The number of pyridine rings is 3. The minimum atomic E-state index is -2.47. The predicted molar refractivity (Wildman–Crippen MR) is 306 cm³/mol. The zero-order chi connectivity index (χ0) is 62.9. The zero-order valence-corrected chi connectivity index (χ0v) is 44.1. The van der Waals surface area contributed by atoms with Gasteiger partial charge in [0.15, 0.2) is 18.6 Å². The van der Waals surface area contributed by atoms with E-state index in [1.165, 1.54) is 57.8 Å². The molecule has 0 N–H and O–H groups in total. The van der Waals surface area contributed by atoms with E-state index in [1.807, 2.05) is 104 Å².